The number of aryl methyl sites for hydroxylation is 1. The third-order valence-corrected chi connectivity index (χ3v) is 3.44. The molecule has 0 aliphatic rings. The van der Waals surface area contributed by atoms with Crippen LogP contribution in [-0.2, 0) is 6.42 Å². The van der Waals surface area contributed by atoms with Gasteiger partial charge in [-0.1, -0.05) is 35.9 Å². The molecule has 0 bridgehead atoms. The van der Waals surface area contributed by atoms with Crippen LogP contribution in [0.3, 0.4) is 0 Å². The van der Waals surface area contributed by atoms with E-state index in [9.17, 15) is 13.9 Å². The van der Waals surface area contributed by atoms with Gasteiger partial charge >= 0.3 is 0 Å². The van der Waals surface area contributed by atoms with Gasteiger partial charge in [0.05, 0.1) is 6.10 Å². The highest BCUT2D eigenvalue weighted by Crippen LogP contribution is 2.24. The minimum Gasteiger partial charge on any atom is -0.388 e. The number of halogens is 3. The average molecular weight is 283 g/mol. The molecule has 1 unspecified atom stereocenters. The molecule has 0 saturated carbocycles. The summed E-state index contributed by atoms with van der Waals surface area (Å²) in [4.78, 5) is 0. The van der Waals surface area contributed by atoms with Crippen molar-refractivity contribution < 1.29 is 13.9 Å². The summed E-state index contributed by atoms with van der Waals surface area (Å²) in [5.41, 5.74) is 1.61. The lowest BCUT2D eigenvalue weighted by Gasteiger charge is -2.13. The predicted molar refractivity (Wildman–Crippen MR) is 71.2 cm³/mol. The second kappa shape index (κ2) is 5.68. The van der Waals surface area contributed by atoms with E-state index in [4.69, 9.17) is 11.6 Å². The fourth-order valence-corrected chi connectivity index (χ4v) is 2.02. The van der Waals surface area contributed by atoms with E-state index in [2.05, 4.69) is 0 Å². The molecule has 1 atom stereocenters. The Balaban J connectivity index is 2.23. The highest BCUT2D eigenvalue weighted by molar-refractivity contribution is 6.31. The summed E-state index contributed by atoms with van der Waals surface area (Å²) in [5.74, 6) is -1.82. The lowest BCUT2D eigenvalue weighted by Crippen LogP contribution is -2.05. The van der Waals surface area contributed by atoms with Crippen LogP contribution >= 0.6 is 11.6 Å². The van der Waals surface area contributed by atoms with Gasteiger partial charge in [-0.3, -0.25) is 0 Å². The first-order chi connectivity index (χ1) is 8.99. The monoisotopic (exact) mass is 282 g/mol. The first-order valence-corrected chi connectivity index (χ1v) is 6.24. The zero-order valence-corrected chi connectivity index (χ0v) is 11.1. The molecule has 2 aromatic carbocycles. The van der Waals surface area contributed by atoms with E-state index in [1.54, 1.807) is 18.2 Å². The molecule has 0 amide bonds. The predicted octanol–water partition coefficient (Wildman–Crippen LogP) is 4.20. The molecule has 0 spiro atoms. The van der Waals surface area contributed by atoms with Gasteiger partial charge in [0, 0.05) is 11.4 Å². The molecular weight excluding hydrogens is 270 g/mol. The molecule has 1 nitrogen and oxygen atoms in total. The molecule has 4 heteroatoms. The van der Waals surface area contributed by atoms with Crippen LogP contribution in [0.15, 0.2) is 36.4 Å². The molecule has 2 aromatic rings. The molecule has 0 aromatic heterocycles. The Kier molecular flexibility index (Phi) is 4.17. The molecule has 0 saturated heterocycles. The van der Waals surface area contributed by atoms with Crippen LogP contribution in [0.25, 0.3) is 0 Å². The van der Waals surface area contributed by atoms with Crippen molar-refractivity contribution in [3.8, 4) is 0 Å². The van der Waals surface area contributed by atoms with Crippen LogP contribution in [0.2, 0.25) is 5.02 Å². The molecular formula is C15H13ClF2O. The van der Waals surface area contributed by atoms with Crippen molar-refractivity contribution in [3.05, 3.63) is 69.7 Å². The van der Waals surface area contributed by atoms with Crippen LogP contribution in [0.4, 0.5) is 8.78 Å². The van der Waals surface area contributed by atoms with Crippen molar-refractivity contribution >= 4 is 11.6 Å². The van der Waals surface area contributed by atoms with Crippen LogP contribution in [0.5, 0.6) is 0 Å². The fourth-order valence-electron chi connectivity index (χ4n) is 1.91. The van der Waals surface area contributed by atoms with Crippen molar-refractivity contribution in [2.45, 2.75) is 19.4 Å². The number of benzene rings is 2. The van der Waals surface area contributed by atoms with E-state index >= 15 is 0 Å². The Morgan fingerprint density at radius 1 is 1.21 bits per heavy atom. The number of aliphatic hydroxyl groups is 1. The zero-order chi connectivity index (χ0) is 14.0. The van der Waals surface area contributed by atoms with Crippen molar-refractivity contribution in [1.82, 2.24) is 0 Å². The first kappa shape index (κ1) is 14.0. The molecule has 1 N–H and O–H groups in total. The van der Waals surface area contributed by atoms with Crippen molar-refractivity contribution in [1.29, 1.82) is 0 Å². The SMILES string of the molecule is Cc1cc(C(O)Cc2cccc(F)c2F)ccc1Cl. The maximum Gasteiger partial charge on any atom is 0.162 e. The molecule has 0 aliphatic heterocycles. The summed E-state index contributed by atoms with van der Waals surface area (Å²) in [7, 11) is 0. The number of aliphatic hydroxyl groups excluding tert-OH is 1. The van der Waals surface area contributed by atoms with Gasteiger partial charge in [0.25, 0.3) is 0 Å². The van der Waals surface area contributed by atoms with Gasteiger partial charge in [-0.25, -0.2) is 8.78 Å². The Morgan fingerprint density at radius 2 is 1.95 bits per heavy atom. The summed E-state index contributed by atoms with van der Waals surface area (Å²) in [6.45, 7) is 1.82. The van der Waals surface area contributed by atoms with Crippen LogP contribution in [-0.4, -0.2) is 5.11 Å². The fraction of sp³-hybridized carbons (Fsp3) is 0.200. The lowest BCUT2D eigenvalue weighted by atomic mass is 9.99. The van der Waals surface area contributed by atoms with Crippen molar-refractivity contribution in [2.75, 3.05) is 0 Å². The molecule has 0 heterocycles. The summed E-state index contributed by atoms with van der Waals surface area (Å²) in [6, 6.07) is 9.04. The highest BCUT2D eigenvalue weighted by Gasteiger charge is 2.14. The molecule has 0 radical (unpaired) electrons. The van der Waals surface area contributed by atoms with Crippen LogP contribution in [0, 0.1) is 18.6 Å². The summed E-state index contributed by atoms with van der Waals surface area (Å²) >= 11 is 5.90. The second-order valence-electron chi connectivity index (χ2n) is 4.44. The quantitative estimate of drug-likeness (QED) is 0.894. The Morgan fingerprint density at radius 3 is 2.63 bits per heavy atom. The topological polar surface area (TPSA) is 20.2 Å². The molecule has 19 heavy (non-hydrogen) atoms. The van der Waals surface area contributed by atoms with Crippen molar-refractivity contribution in [3.63, 3.8) is 0 Å². The number of hydrogen-bond acceptors (Lipinski definition) is 1. The molecule has 100 valence electrons. The van der Waals surface area contributed by atoms with E-state index in [1.165, 1.54) is 12.1 Å². The maximum atomic E-state index is 13.5. The molecule has 2 rings (SSSR count). The second-order valence-corrected chi connectivity index (χ2v) is 4.85. The largest absolute Gasteiger partial charge is 0.388 e. The smallest absolute Gasteiger partial charge is 0.162 e. The molecule has 0 fully saturated rings. The normalized spacial score (nSPS) is 12.5. The van der Waals surface area contributed by atoms with Gasteiger partial charge in [0.2, 0.25) is 0 Å². The zero-order valence-electron chi connectivity index (χ0n) is 10.3. The first-order valence-electron chi connectivity index (χ1n) is 5.86. The van der Waals surface area contributed by atoms with E-state index < -0.39 is 17.7 Å². The van der Waals surface area contributed by atoms with E-state index in [0.717, 1.165) is 11.6 Å². The summed E-state index contributed by atoms with van der Waals surface area (Å²) in [5, 5.41) is 10.7. The van der Waals surface area contributed by atoms with Crippen molar-refractivity contribution in [2.24, 2.45) is 0 Å². The summed E-state index contributed by atoms with van der Waals surface area (Å²) in [6.07, 6.45) is -0.878. The standard InChI is InChI=1S/C15H13ClF2O/c1-9-7-10(5-6-12(9)16)14(19)8-11-3-2-4-13(17)15(11)18/h2-7,14,19H,8H2,1H3. The highest BCUT2D eigenvalue weighted by atomic mass is 35.5. The number of rotatable bonds is 3. The van der Waals surface area contributed by atoms with E-state index in [0.29, 0.717) is 10.6 Å². The van der Waals surface area contributed by atoms with Gasteiger partial charge < -0.3 is 5.11 Å². The molecule has 0 aliphatic carbocycles. The minimum atomic E-state index is -0.910. The summed E-state index contributed by atoms with van der Waals surface area (Å²) < 4.78 is 26.6. The van der Waals surface area contributed by atoms with E-state index in [1.807, 2.05) is 6.92 Å². The van der Waals surface area contributed by atoms with Crippen LogP contribution < -0.4 is 0 Å². The van der Waals surface area contributed by atoms with Gasteiger partial charge in [-0.05, 0) is 35.7 Å². The van der Waals surface area contributed by atoms with Gasteiger partial charge in [-0.15, -0.1) is 0 Å². The van der Waals surface area contributed by atoms with Gasteiger partial charge in [0.15, 0.2) is 11.6 Å². The maximum absolute atomic E-state index is 13.5. The van der Waals surface area contributed by atoms with Crippen LogP contribution in [0.1, 0.15) is 22.8 Å². The van der Waals surface area contributed by atoms with E-state index in [-0.39, 0.29) is 12.0 Å². The third-order valence-electron chi connectivity index (χ3n) is 3.01. The lowest BCUT2D eigenvalue weighted by molar-refractivity contribution is 0.176. The Labute approximate surface area is 115 Å². The van der Waals surface area contributed by atoms with Gasteiger partial charge in [0.1, 0.15) is 0 Å². The minimum absolute atomic E-state index is 0.0185. The third kappa shape index (κ3) is 3.11. The average Bonchev–Trinajstić information content (AvgIpc) is 2.38. The Hall–Kier alpha value is -1.45. The number of hydrogen-bond donors (Lipinski definition) is 1. The Bertz CT molecular complexity index is 599. The van der Waals surface area contributed by atoms with Gasteiger partial charge in [-0.2, -0.15) is 0 Å².